The molecule has 0 fully saturated rings. The quantitative estimate of drug-likeness (QED) is 0.671. The number of hydrogen-bond donors (Lipinski definition) is 2. The van der Waals surface area contributed by atoms with Crippen molar-refractivity contribution in [1.29, 1.82) is 0 Å². The van der Waals surface area contributed by atoms with E-state index in [9.17, 15) is 9.32 Å². The molecule has 1 aromatic carbocycles. The van der Waals surface area contributed by atoms with Gasteiger partial charge < -0.3 is 5.11 Å². The summed E-state index contributed by atoms with van der Waals surface area (Å²) in [6, 6.07) is 8.33. The second-order valence-corrected chi connectivity index (χ2v) is 10.6. The Labute approximate surface area is 164 Å². The molecule has 26 heavy (non-hydrogen) atoms. The normalized spacial score (nSPS) is 20.3. The number of rotatable bonds is 7. The molecule has 0 bridgehead atoms. The van der Waals surface area contributed by atoms with E-state index >= 15 is 0 Å². The fourth-order valence-electron chi connectivity index (χ4n) is 2.94. The number of benzene rings is 1. The van der Waals surface area contributed by atoms with Crippen molar-refractivity contribution in [3.05, 3.63) is 52.4 Å². The third kappa shape index (κ3) is 5.32. The van der Waals surface area contributed by atoms with E-state index in [2.05, 4.69) is 54.3 Å². The molecule has 1 aliphatic heterocycles. The zero-order chi connectivity index (χ0) is 19.3. The van der Waals surface area contributed by atoms with Gasteiger partial charge in [-0.25, -0.2) is 8.93 Å². The Morgan fingerprint density at radius 2 is 1.92 bits per heavy atom. The lowest BCUT2D eigenvalue weighted by Gasteiger charge is -2.25. The van der Waals surface area contributed by atoms with Gasteiger partial charge in [0.25, 0.3) is 0 Å². The molecule has 1 unspecified atom stereocenters. The second kappa shape index (κ2) is 9.36. The Morgan fingerprint density at radius 3 is 2.46 bits per heavy atom. The van der Waals surface area contributed by atoms with E-state index in [-0.39, 0.29) is 17.4 Å². The van der Waals surface area contributed by atoms with Crippen molar-refractivity contribution in [2.45, 2.75) is 58.2 Å². The lowest BCUT2D eigenvalue weighted by Crippen LogP contribution is -2.36. The van der Waals surface area contributed by atoms with Crippen molar-refractivity contribution < 1.29 is 9.32 Å². The number of aliphatic hydroxyl groups excluding tert-OH is 1. The van der Waals surface area contributed by atoms with Crippen LogP contribution >= 0.6 is 11.8 Å². The van der Waals surface area contributed by atoms with Crippen LogP contribution in [0, 0.1) is 5.92 Å². The lowest BCUT2D eigenvalue weighted by atomic mass is 9.94. The molecule has 0 aliphatic carbocycles. The zero-order valence-electron chi connectivity index (χ0n) is 16.4. The van der Waals surface area contributed by atoms with E-state index in [1.807, 2.05) is 20.8 Å². The van der Waals surface area contributed by atoms with Crippen molar-refractivity contribution in [3.8, 4) is 0 Å². The van der Waals surface area contributed by atoms with Gasteiger partial charge in [0.05, 0.1) is 15.7 Å². The van der Waals surface area contributed by atoms with Crippen molar-refractivity contribution >= 4 is 27.7 Å². The van der Waals surface area contributed by atoms with Gasteiger partial charge in [-0.05, 0) is 63.0 Å². The minimum atomic E-state index is -1.17. The van der Waals surface area contributed by atoms with E-state index in [4.69, 9.17) is 0 Å². The highest BCUT2D eigenvalue weighted by atomic mass is 32.2. The van der Waals surface area contributed by atoms with Crippen LogP contribution < -0.4 is 4.72 Å². The molecule has 0 saturated heterocycles. The highest BCUT2D eigenvalue weighted by molar-refractivity contribution is 8.11. The van der Waals surface area contributed by atoms with Gasteiger partial charge in [0.1, 0.15) is 0 Å². The molecule has 1 aromatic rings. The molecule has 3 nitrogen and oxygen atoms in total. The molecule has 0 radical (unpaired) electrons. The lowest BCUT2D eigenvalue weighted by molar-refractivity contribution is 0.273. The number of thioether (sulfide) groups is 1. The third-order valence-corrected chi connectivity index (χ3v) is 7.35. The molecule has 0 amide bonds. The van der Waals surface area contributed by atoms with E-state index in [1.165, 1.54) is 16.0 Å². The third-order valence-electron chi connectivity index (χ3n) is 4.65. The SMILES string of the molecule is CCC1C=CSC(c2ccc([C@H](CCO)N[S@](=O)C(C)(C)C)cc2)=C1C. The first kappa shape index (κ1) is 21.4. The molecule has 2 rings (SSSR count). The molecule has 1 heterocycles. The van der Waals surface area contributed by atoms with Crippen molar-refractivity contribution in [1.82, 2.24) is 4.72 Å². The molecule has 2 N–H and O–H groups in total. The molecule has 3 atom stereocenters. The van der Waals surface area contributed by atoms with E-state index in [0.717, 1.165) is 12.0 Å². The topological polar surface area (TPSA) is 49.3 Å². The Morgan fingerprint density at radius 1 is 1.27 bits per heavy atom. The van der Waals surface area contributed by atoms with Crippen LogP contribution in [0.25, 0.3) is 4.91 Å². The monoisotopic (exact) mass is 393 g/mol. The first-order chi connectivity index (χ1) is 12.3. The first-order valence-corrected chi connectivity index (χ1v) is 11.2. The maximum Gasteiger partial charge on any atom is 0.0975 e. The summed E-state index contributed by atoms with van der Waals surface area (Å²) in [5, 5.41) is 11.6. The summed E-state index contributed by atoms with van der Waals surface area (Å²) in [5.41, 5.74) is 3.70. The van der Waals surface area contributed by atoms with Gasteiger partial charge in [-0.3, -0.25) is 0 Å². The smallest absolute Gasteiger partial charge is 0.0975 e. The summed E-state index contributed by atoms with van der Waals surface area (Å²) < 4.78 is 15.3. The molecule has 0 aromatic heterocycles. The largest absolute Gasteiger partial charge is 0.396 e. The Hall–Kier alpha value is -0.880. The second-order valence-electron chi connectivity index (χ2n) is 7.66. The first-order valence-electron chi connectivity index (χ1n) is 9.21. The van der Waals surface area contributed by atoms with E-state index in [1.54, 1.807) is 11.8 Å². The van der Waals surface area contributed by atoms with Crippen LogP contribution in [-0.4, -0.2) is 20.7 Å². The van der Waals surface area contributed by atoms with Crippen LogP contribution in [0.5, 0.6) is 0 Å². The Kier molecular flexibility index (Phi) is 7.71. The van der Waals surface area contributed by atoms with Crippen molar-refractivity contribution in [2.75, 3.05) is 6.61 Å². The summed E-state index contributed by atoms with van der Waals surface area (Å²) in [6.45, 7) is 10.3. The summed E-state index contributed by atoms with van der Waals surface area (Å²) >= 11 is 1.78. The summed E-state index contributed by atoms with van der Waals surface area (Å²) in [6.07, 6.45) is 3.94. The standard InChI is InChI=1S/C21H31NO2S2/c1-6-16-12-14-25-20(15(16)2)18-9-7-17(8-10-18)19(11-13-23)22-26(24)21(3,4)5/h7-10,12,14,16,19,22-23H,6,11,13H2,1-5H3/t16?,19-,26+/m0/s1. The predicted octanol–water partition coefficient (Wildman–Crippen LogP) is 5.18. The summed E-state index contributed by atoms with van der Waals surface area (Å²) in [4.78, 5) is 1.33. The van der Waals surface area contributed by atoms with Crippen LogP contribution in [0.1, 0.15) is 64.6 Å². The van der Waals surface area contributed by atoms with Gasteiger partial charge >= 0.3 is 0 Å². The van der Waals surface area contributed by atoms with Crippen LogP contribution in [0.4, 0.5) is 0 Å². The van der Waals surface area contributed by atoms with Gasteiger partial charge in [0.15, 0.2) is 0 Å². The zero-order valence-corrected chi connectivity index (χ0v) is 18.0. The van der Waals surface area contributed by atoms with Crippen molar-refractivity contribution in [2.24, 2.45) is 5.92 Å². The average molecular weight is 394 g/mol. The van der Waals surface area contributed by atoms with Gasteiger partial charge in [-0.2, -0.15) is 0 Å². The van der Waals surface area contributed by atoms with Crippen LogP contribution in [0.3, 0.4) is 0 Å². The Balaban J connectivity index is 2.22. The van der Waals surface area contributed by atoms with Gasteiger partial charge in [-0.1, -0.05) is 54.6 Å². The fraction of sp³-hybridized carbons (Fsp3) is 0.524. The van der Waals surface area contributed by atoms with E-state index in [0.29, 0.717) is 12.3 Å². The molecular formula is C21H31NO2S2. The van der Waals surface area contributed by atoms with Gasteiger partial charge in [-0.15, -0.1) is 0 Å². The molecule has 0 spiro atoms. The number of allylic oxidation sites excluding steroid dienone is 2. The van der Waals surface area contributed by atoms with Crippen LogP contribution in [-0.2, 0) is 11.0 Å². The maximum atomic E-state index is 12.4. The molecule has 0 saturated carbocycles. The molecular weight excluding hydrogens is 362 g/mol. The van der Waals surface area contributed by atoms with E-state index < -0.39 is 11.0 Å². The van der Waals surface area contributed by atoms with Gasteiger partial charge in [0.2, 0.25) is 0 Å². The average Bonchev–Trinajstić information content (AvgIpc) is 2.61. The minimum absolute atomic E-state index is 0.0594. The fourth-order valence-corrected chi connectivity index (χ4v) is 4.82. The van der Waals surface area contributed by atoms with Crippen LogP contribution in [0.15, 0.2) is 41.3 Å². The maximum absolute atomic E-state index is 12.4. The highest BCUT2D eigenvalue weighted by Crippen LogP contribution is 2.40. The van der Waals surface area contributed by atoms with Crippen LogP contribution in [0.2, 0.25) is 0 Å². The highest BCUT2D eigenvalue weighted by Gasteiger charge is 2.24. The minimum Gasteiger partial charge on any atom is -0.396 e. The van der Waals surface area contributed by atoms with Crippen molar-refractivity contribution in [3.63, 3.8) is 0 Å². The number of hydrogen-bond acceptors (Lipinski definition) is 3. The molecule has 5 heteroatoms. The number of aliphatic hydroxyl groups is 1. The predicted molar refractivity (Wildman–Crippen MR) is 115 cm³/mol. The Bertz CT molecular complexity index is 687. The summed E-state index contributed by atoms with van der Waals surface area (Å²) in [5.74, 6) is 0.518. The summed E-state index contributed by atoms with van der Waals surface area (Å²) in [7, 11) is -1.17. The van der Waals surface area contributed by atoms with Gasteiger partial charge in [0, 0.05) is 17.6 Å². The molecule has 1 aliphatic rings. The number of nitrogens with one attached hydrogen (secondary N) is 1. The molecule has 144 valence electrons.